The van der Waals surface area contributed by atoms with Crippen molar-refractivity contribution in [1.29, 1.82) is 0 Å². The molecule has 1 aliphatic carbocycles. The third-order valence-corrected chi connectivity index (χ3v) is 3.15. The van der Waals surface area contributed by atoms with Gasteiger partial charge < -0.3 is 4.42 Å². The average molecular weight is 251 g/mol. The fraction of sp³-hybridized carbons (Fsp3) is 0.235. The van der Waals surface area contributed by atoms with Gasteiger partial charge in [0.2, 0.25) is 5.89 Å². The largest absolute Gasteiger partial charge is 0.437 e. The average Bonchev–Trinajstić information content (AvgIpc) is 2.79. The normalized spacial score (nSPS) is 14.5. The van der Waals surface area contributed by atoms with Crippen LogP contribution < -0.4 is 0 Å². The molecule has 2 aromatic rings. The Hall–Kier alpha value is -2.09. The maximum atomic E-state index is 5.77. The van der Waals surface area contributed by atoms with Crippen LogP contribution in [0.4, 0.5) is 0 Å². The summed E-state index contributed by atoms with van der Waals surface area (Å²) in [7, 11) is 0. The van der Waals surface area contributed by atoms with Gasteiger partial charge in [0.05, 0.1) is 0 Å². The molecule has 0 atom stereocenters. The van der Waals surface area contributed by atoms with Crippen molar-refractivity contribution in [3.63, 3.8) is 0 Å². The molecule has 0 N–H and O–H groups in total. The minimum absolute atomic E-state index is 0.681. The van der Waals surface area contributed by atoms with Gasteiger partial charge in [0, 0.05) is 0 Å². The van der Waals surface area contributed by atoms with Crippen LogP contribution in [0.15, 0.2) is 46.4 Å². The quantitative estimate of drug-likeness (QED) is 0.752. The number of nitrogens with zero attached hydrogens (tertiary/aromatic N) is 1. The zero-order chi connectivity index (χ0) is 13.2. The fourth-order valence-electron chi connectivity index (χ4n) is 2.26. The van der Waals surface area contributed by atoms with Crippen molar-refractivity contribution in [2.75, 3.05) is 0 Å². The van der Waals surface area contributed by atoms with Gasteiger partial charge in [-0.25, -0.2) is 4.98 Å². The number of aromatic nitrogens is 1. The predicted octanol–water partition coefficient (Wildman–Crippen LogP) is 4.98. The second-order valence-corrected chi connectivity index (χ2v) is 5.10. The second-order valence-electron chi connectivity index (χ2n) is 5.10. The van der Waals surface area contributed by atoms with E-state index >= 15 is 0 Å². The Morgan fingerprint density at radius 1 is 1.26 bits per heavy atom. The van der Waals surface area contributed by atoms with Gasteiger partial charge in [-0.05, 0) is 56.0 Å². The van der Waals surface area contributed by atoms with E-state index < -0.39 is 0 Å². The number of rotatable bonds is 2. The van der Waals surface area contributed by atoms with Crippen molar-refractivity contribution < 1.29 is 4.42 Å². The molecule has 1 aromatic carbocycles. The summed E-state index contributed by atoms with van der Waals surface area (Å²) in [6.45, 7) is 4.08. The molecule has 0 saturated carbocycles. The first-order valence-electron chi connectivity index (χ1n) is 6.65. The minimum atomic E-state index is 0.681. The minimum Gasteiger partial charge on any atom is -0.437 e. The van der Waals surface area contributed by atoms with Gasteiger partial charge in [-0.1, -0.05) is 29.9 Å². The van der Waals surface area contributed by atoms with Crippen molar-refractivity contribution in [2.45, 2.75) is 26.7 Å². The molecule has 0 radical (unpaired) electrons. The van der Waals surface area contributed by atoms with Gasteiger partial charge in [-0.3, -0.25) is 0 Å². The Morgan fingerprint density at radius 3 is 2.89 bits per heavy atom. The highest BCUT2D eigenvalue weighted by molar-refractivity contribution is 5.83. The molecule has 19 heavy (non-hydrogen) atoms. The molecule has 1 aromatic heterocycles. The molecule has 0 unspecified atom stereocenters. The first-order chi connectivity index (χ1) is 9.22. The van der Waals surface area contributed by atoms with Crippen molar-refractivity contribution >= 4 is 22.7 Å². The van der Waals surface area contributed by atoms with Crippen LogP contribution in [-0.4, -0.2) is 4.98 Å². The topological polar surface area (TPSA) is 26.0 Å². The Bertz CT molecular complexity index is 697. The highest BCUT2D eigenvalue weighted by atomic mass is 16.3. The Kier molecular flexibility index (Phi) is 3.08. The lowest BCUT2D eigenvalue weighted by Crippen LogP contribution is -1.85. The lowest BCUT2D eigenvalue weighted by Gasteiger charge is -2.06. The molecule has 2 nitrogen and oxygen atoms in total. The summed E-state index contributed by atoms with van der Waals surface area (Å²) in [6.07, 6.45) is 10.9. The highest BCUT2D eigenvalue weighted by Crippen LogP contribution is 2.26. The van der Waals surface area contributed by atoms with E-state index in [1.165, 1.54) is 16.7 Å². The van der Waals surface area contributed by atoms with Gasteiger partial charge >= 0.3 is 0 Å². The van der Waals surface area contributed by atoms with Crippen LogP contribution in [0.3, 0.4) is 0 Å². The molecule has 2 heteroatoms. The van der Waals surface area contributed by atoms with Crippen LogP contribution in [0, 0.1) is 0 Å². The monoisotopic (exact) mass is 251 g/mol. The van der Waals surface area contributed by atoms with E-state index in [1.54, 1.807) is 0 Å². The van der Waals surface area contributed by atoms with E-state index in [2.05, 4.69) is 35.3 Å². The number of fused-ring (bicyclic) bond motifs is 1. The van der Waals surface area contributed by atoms with Gasteiger partial charge in [0.1, 0.15) is 5.52 Å². The molecule has 3 rings (SSSR count). The summed E-state index contributed by atoms with van der Waals surface area (Å²) >= 11 is 0. The van der Waals surface area contributed by atoms with E-state index in [0.29, 0.717) is 5.89 Å². The van der Waals surface area contributed by atoms with E-state index in [1.807, 2.05) is 26.0 Å². The van der Waals surface area contributed by atoms with E-state index in [-0.39, 0.29) is 0 Å². The van der Waals surface area contributed by atoms with Crippen molar-refractivity contribution in [3.05, 3.63) is 53.5 Å². The van der Waals surface area contributed by atoms with Crippen LogP contribution in [0.5, 0.6) is 0 Å². The zero-order valence-corrected chi connectivity index (χ0v) is 11.3. The molecule has 0 aliphatic heterocycles. The molecule has 0 spiro atoms. The maximum Gasteiger partial charge on any atom is 0.219 e. The van der Waals surface area contributed by atoms with Crippen molar-refractivity contribution in [2.24, 2.45) is 0 Å². The smallest absolute Gasteiger partial charge is 0.219 e. The number of oxazole rings is 1. The molecule has 96 valence electrons. The summed E-state index contributed by atoms with van der Waals surface area (Å²) in [5.74, 6) is 0.681. The van der Waals surface area contributed by atoms with Gasteiger partial charge in [0.25, 0.3) is 0 Å². The van der Waals surface area contributed by atoms with E-state index in [9.17, 15) is 0 Å². The van der Waals surface area contributed by atoms with E-state index in [0.717, 1.165) is 23.9 Å². The third kappa shape index (κ3) is 2.53. The van der Waals surface area contributed by atoms with Crippen LogP contribution in [-0.2, 0) is 0 Å². The van der Waals surface area contributed by atoms with Crippen LogP contribution in [0.2, 0.25) is 0 Å². The zero-order valence-electron chi connectivity index (χ0n) is 11.3. The number of allylic oxidation sites excluding steroid dienone is 5. The van der Waals surface area contributed by atoms with Gasteiger partial charge in [-0.15, -0.1) is 0 Å². The highest BCUT2D eigenvalue weighted by Gasteiger charge is 2.07. The Labute approximate surface area is 113 Å². The fourth-order valence-corrected chi connectivity index (χ4v) is 2.26. The first-order valence-corrected chi connectivity index (χ1v) is 6.65. The number of hydrogen-bond donors (Lipinski definition) is 0. The molecule has 0 saturated heterocycles. The Balaban J connectivity index is 2.03. The van der Waals surface area contributed by atoms with E-state index in [4.69, 9.17) is 4.42 Å². The SMILES string of the molecule is CC(C)=Cc1nc2ccc(C3=CCCC=C3)cc2o1. The molecule has 0 bridgehead atoms. The molecular formula is C17H17NO. The molecular weight excluding hydrogens is 234 g/mol. The maximum absolute atomic E-state index is 5.77. The summed E-state index contributed by atoms with van der Waals surface area (Å²) in [5.41, 5.74) is 5.42. The predicted molar refractivity (Wildman–Crippen MR) is 79.7 cm³/mol. The standard InChI is InChI=1S/C17H17NO/c1-12(2)10-17-18-15-9-8-14(11-16(15)19-17)13-6-4-3-5-7-13/h4,6-11H,3,5H2,1-2H3. The summed E-state index contributed by atoms with van der Waals surface area (Å²) in [4.78, 5) is 4.46. The lowest BCUT2D eigenvalue weighted by molar-refractivity contribution is 0.588. The van der Waals surface area contributed by atoms with Gasteiger partial charge in [-0.2, -0.15) is 0 Å². The van der Waals surface area contributed by atoms with Gasteiger partial charge in [0.15, 0.2) is 5.58 Å². The number of benzene rings is 1. The first kappa shape index (κ1) is 12.0. The molecule has 1 heterocycles. The summed E-state index contributed by atoms with van der Waals surface area (Å²) in [6, 6.07) is 6.21. The van der Waals surface area contributed by atoms with Crippen LogP contribution >= 0.6 is 0 Å². The molecule has 0 fully saturated rings. The summed E-state index contributed by atoms with van der Waals surface area (Å²) in [5, 5.41) is 0. The van der Waals surface area contributed by atoms with Crippen LogP contribution in [0.25, 0.3) is 22.7 Å². The van der Waals surface area contributed by atoms with Crippen molar-refractivity contribution in [1.82, 2.24) is 4.98 Å². The molecule has 1 aliphatic rings. The van der Waals surface area contributed by atoms with Crippen LogP contribution in [0.1, 0.15) is 38.1 Å². The third-order valence-electron chi connectivity index (χ3n) is 3.15. The second kappa shape index (κ2) is 4.88. The lowest BCUT2D eigenvalue weighted by atomic mass is 9.99. The summed E-state index contributed by atoms with van der Waals surface area (Å²) < 4.78 is 5.77. The Morgan fingerprint density at radius 2 is 2.16 bits per heavy atom. The molecule has 0 amide bonds. The number of hydrogen-bond acceptors (Lipinski definition) is 2. The van der Waals surface area contributed by atoms with Crippen molar-refractivity contribution in [3.8, 4) is 0 Å².